The lowest BCUT2D eigenvalue weighted by Gasteiger charge is -2.26. The van der Waals surface area contributed by atoms with Crippen LogP contribution >= 0.6 is 0 Å². The Labute approximate surface area is 337 Å². The molecule has 0 aromatic rings. The van der Waals surface area contributed by atoms with Gasteiger partial charge in [-0.25, -0.2) is 0 Å². The molecule has 14 nitrogen and oxygen atoms in total. The molecule has 0 bridgehead atoms. The van der Waals surface area contributed by atoms with E-state index in [4.69, 9.17) is 40.9 Å². The molecular weight excluding hydrogens is 715 g/mol. The number of amides is 2. The zero-order valence-electron chi connectivity index (χ0n) is 35.0. The molecule has 3 aliphatic carbocycles. The summed E-state index contributed by atoms with van der Waals surface area (Å²) in [4.78, 5) is 26.1. The lowest BCUT2D eigenvalue weighted by molar-refractivity contribution is -0.121. The van der Waals surface area contributed by atoms with E-state index >= 15 is 0 Å². The Morgan fingerprint density at radius 1 is 0.571 bits per heavy atom. The second kappa shape index (κ2) is 27.8. The lowest BCUT2D eigenvalue weighted by atomic mass is 10.0. The van der Waals surface area contributed by atoms with Gasteiger partial charge in [0.2, 0.25) is 11.8 Å². The van der Waals surface area contributed by atoms with Crippen LogP contribution in [0.15, 0.2) is 33.9 Å². The van der Waals surface area contributed by atoms with Gasteiger partial charge >= 0.3 is 0 Å². The predicted octanol–water partition coefficient (Wildman–Crippen LogP) is 3.55. The molecule has 0 aromatic carbocycles. The van der Waals surface area contributed by atoms with Crippen LogP contribution in [0.5, 0.6) is 0 Å². The summed E-state index contributed by atoms with van der Waals surface area (Å²) in [6.45, 7) is 12.9. The van der Waals surface area contributed by atoms with Crippen LogP contribution in [0, 0.1) is 0 Å². The van der Waals surface area contributed by atoms with Crippen LogP contribution in [0.2, 0.25) is 0 Å². The molecule has 3 rings (SSSR count). The zero-order valence-corrected chi connectivity index (χ0v) is 35.0. The van der Waals surface area contributed by atoms with E-state index in [0.717, 1.165) is 101 Å². The van der Waals surface area contributed by atoms with E-state index in [1.807, 2.05) is 0 Å². The van der Waals surface area contributed by atoms with Gasteiger partial charge in [0.25, 0.3) is 0 Å². The van der Waals surface area contributed by atoms with Crippen molar-refractivity contribution in [3.63, 3.8) is 0 Å². The first-order valence-electron chi connectivity index (χ1n) is 21.5. The van der Waals surface area contributed by atoms with Crippen LogP contribution in [-0.4, -0.2) is 115 Å². The van der Waals surface area contributed by atoms with Crippen molar-refractivity contribution in [3.05, 3.63) is 33.9 Å². The van der Waals surface area contributed by atoms with E-state index in [9.17, 15) is 9.59 Å². The van der Waals surface area contributed by atoms with Gasteiger partial charge < -0.3 is 62.2 Å². The highest BCUT2D eigenvalue weighted by Gasteiger charge is 2.28. The maximum Gasteiger partial charge on any atom is 0.239 e. The van der Waals surface area contributed by atoms with Crippen molar-refractivity contribution >= 4 is 11.8 Å². The highest BCUT2D eigenvalue weighted by Crippen LogP contribution is 2.36. The van der Waals surface area contributed by atoms with Crippen LogP contribution in [0.3, 0.4) is 0 Å². The van der Waals surface area contributed by atoms with E-state index < -0.39 is 0 Å². The molecule has 0 spiro atoms. The number of unbranched alkanes of at least 4 members (excludes halogenated alkanes) is 2. The predicted molar refractivity (Wildman–Crippen MR) is 221 cm³/mol. The first-order valence-corrected chi connectivity index (χ1v) is 21.5. The SMILES string of the molecule is CC(C)(C)OC(CCOCCOCCOCCOCCNC(=C1CC1)C(CCCCN)NC(=O)CNC(=C1CC1)C(CCCCN)NC(=O)CCCN)=C1CC1. The van der Waals surface area contributed by atoms with Gasteiger partial charge in [-0.15, -0.1) is 0 Å². The van der Waals surface area contributed by atoms with Crippen LogP contribution < -0.4 is 38.5 Å². The van der Waals surface area contributed by atoms with E-state index in [-0.39, 0.29) is 36.0 Å². The van der Waals surface area contributed by atoms with Gasteiger partial charge in [-0.2, -0.15) is 0 Å². The fourth-order valence-corrected chi connectivity index (χ4v) is 6.36. The summed E-state index contributed by atoms with van der Waals surface area (Å²) in [7, 11) is 0. The second-order valence-corrected chi connectivity index (χ2v) is 16.0. The first-order chi connectivity index (χ1) is 27.1. The van der Waals surface area contributed by atoms with Crippen molar-refractivity contribution in [1.29, 1.82) is 0 Å². The Morgan fingerprint density at radius 3 is 1.52 bits per heavy atom. The molecule has 2 atom stereocenters. The summed E-state index contributed by atoms with van der Waals surface area (Å²) in [6.07, 6.45) is 13.3. The van der Waals surface area contributed by atoms with Gasteiger partial charge in [-0.1, -0.05) is 0 Å². The zero-order chi connectivity index (χ0) is 40.4. The Balaban J connectivity index is 1.32. The summed E-state index contributed by atoms with van der Waals surface area (Å²) in [5, 5.41) is 13.5. The fourth-order valence-electron chi connectivity index (χ4n) is 6.36. The molecule has 3 saturated carbocycles. The van der Waals surface area contributed by atoms with Gasteiger partial charge in [-0.05, 0) is 141 Å². The monoisotopic (exact) mass is 792 g/mol. The van der Waals surface area contributed by atoms with Crippen molar-refractivity contribution in [2.75, 3.05) is 85.6 Å². The smallest absolute Gasteiger partial charge is 0.239 e. The average molecular weight is 792 g/mol. The van der Waals surface area contributed by atoms with E-state index in [1.54, 1.807) is 0 Å². The second-order valence-electron chi connectivity index (χ2n) is 16.0. The number of carbonyl (C=O) groups is 2. The van der Waals surface area contributed by atoms with E-state index in [2.05, 4.69) is 42.0 Å². The average Bonchev–Trinajstić information content (AvgIpc) is 4.00. The van der Waals surface area contributed by atoms with E-state index in [1.165, 1.54) is 16.7 Å². The molecule has 0 saturated heterocycles. The molecule has 0 aliphatic heterocycles. The summed E-state index contributed by atoms with van der Waals surface area (Å²) < 4.78 is 29.0. The van der Waals surface area contributed by atoms with Gasteiger partial charge in [-0.3, -0.25) is 9.59 Å². The maximum atomic E-state index is 13.5. The van der Waals surface area contributed by atoms with Crippen LogP contribution in [0.4, 0.5) is 0 Å². The Bertz CT molecular complexity index is 1230. The number of allylic oxidation sites excluding steroid dienone is 3. The van der Waals surface area contributed by atoms with Gasteiger partial charge in [0.15, 0.2) is 0 Å². The summed E-state index contributed by atoms with van der Waals surface area (Å²) in [5.41, 5.74) is 23.2. The molecule has 3 fully saturated rings. The van der Waals surface area contributed by atoms with E-state index in [0.29, 0.717) is 91.9 Å². The number of hydrogen-bond acceptors (Lipinski definition) is 12. The third kappa shape index (κ3) is 22.3. The van der Waals surface area contributed by atoms with Crippen LogP contribution in [0.25, 0.3) is 0 Å². The van der Waals surface area contributed by atoms with Gasteiger partial charge in [0.1, 0.15) is 5.60 Å². The molecule has 0 aromatic heterocycles. The van der Waals surface area contributed by atoms with Crippen molar-refractivity contribution in [3.8, 4) is 0 Å². The first kappa shape index (κ1) is 47.7. The number of nitrogens with two attached hydrogens (primary N) is 3. The number of nitrogens with one attached hydrogen (secondary N) is 4. The quantitative estimate of drug-likeness (QED) is 0.0364. The minimum Gasteiger partial charge on any atom is -0.492 e. The molecule has 2 unspecified atom stereocenters. The number of carbonyl (C=O) groups excluding carboxylic acids is 2. The normalized spacial score (nSPS) is 15.6. The third-order valence-electron chi connectivity index (χ3n) is 9.55. The summed E-state index contributed by atoms with van der Waals surface area (Å²) in [6, 6.07) is -0.296. The largest absolute Gasteiger partial charge is 0.492 e. The topological polar surface area (TPSA) is 206 Å². The molecule has 322 valence electrons. The number of ether oxygens (including phenoxy) is 5. The number of hydrogen-bond donors (Lipinski definition) is 7. The van der Waals surface area contributed by atoms with Crippen LogP contribution in [0.1, 0.15) is 117 Å². The number of rotatable bonds is 35. The van der Waals surface area contributed by atoms with Crippen molar-refractivity contribution in [1.82, 2.24) is 21.3 Å². The summed E-state index contributed by atoms with van der Waals surface area (Å²) >= 11 is 0. The minimum absolute atomic E-state index is 0.0157. The highest BCUT2D eigenvalue weighted by atomic mass is 16.6. The van der Waals surface area contributed by atoms with Crippen molar-refractivity contribution < 1.29 is 33.3 Å². The highest BCUT2D eigenvalue weighted by molar-refractivity contribution is 5.79. The summed E-state index contributed by atoms with van der Waals surface area (Å²) in [5.74, 6) is 1.00. The molecular formula is C42H77N7O7. The molecule has 10 N–H and O–H groups in total. The van der Waals surface area contributed by atoms with Crippen molar-refractivity contribution in [2.45, 2.75) is 135 Å². The molecule has 0 heterocycles. The molecule has 3 aliphatic rings. The molecule has 56 heavy (non-hydrogen) atoms. The standard InChI is InChI=1S/C42H77N7O7/c1-42(2,3)56-37(32-12-13-32)18-23-52-25-27-54-29-30-55-28-26-53-24-22-46-40(33-14-15-33)35(9-4-6-19-43)49-39(51)31-47-41(34-16-17-34)36(10-5-7-20-44)48-38(50)11-8-21-45/h35-36,46-47H,4-31,43-45H2,1-3H3,(H,48,50)(H,49,51). The Hall–Kier alpha value is -2.72. The molecule has 14 heteroatoms. The fraction of sp³-hybridized carbons (Fsp3) is 0.810. The van der Waals surface area contributed by atoms with Crippen LogP contribution in [-0.2, 0) is 33.3 Å². The van der Waals surface area contributed by atoms with Crippen molar-refractivity contribution in [2.24, 2.45) is 17.2 Å². The van der Waals surface area contributed by atoms with Gasteiger partial charge in [0, 0.05) is 30.8 Å². The lowest BCUT2D eigenvalue weighted by Crippen LogP contribution is -2.47. The Kier molecular flexibility index (Phi) is 23.7. The molecule has 0 radical (unpaired) electrons. The Morgan fingerprint density at radius 2 is 1.04 bits per heavy atom. The third-order valence-corrected chi connectivity index (χ3v) is 9.55. The molecule has 2 amide bonds. The minimum atomic E-state index is -0.177. The van der Waals surface area contributed by atoms with Gasteiger partial charge in [0.05, 0.1) is 77.2 Å². The maximum absolute atomic E-state index is 13.5.